The summed E-state index contributed by atoms with van der Waals surface area (Å²) in [6, 6.07) is 0. The van der Waals surface area contributed by atoms with Gasteiger partial charge in [0.2, 0.25) is 0 Å². The fraction of sp³-hybridized carbons (Fsp3) is 1.00. The highest BCUT2D eigenvalue weighted by molar-refractivity contribution is 5.15. The Labute approximate surface area is 178 Å². The SMILES string of the molecule is COC1CC2(C)C(CCC23OCC(C)(C)CO3)C2CCC3CCC(C)CC3(C)C12. The summed E-state index contributed by atoms with van der Waals surface area (Å²) in [5, 5.41) is 0. The van der Waals surface area contributed by atoms with E-state index in [1.807, 2.05) is 7.11 Å². The minimum absolute atomic E-state index is 0.0782. The van der Waals surface area contributed by atoms with Crippen molar-refractivity contribution >= 4 is 0 Å². The molecule has 1 spiro atoms. The van der Waals surface area contributed by atoms with Crippen LogP contribution in [-0.2, 0) is 14.2 Å². The van der Waals surface area contributed by atoms with E-state index in [2.05, 4.69) is 34.6 Å². The smallest absolute Gasteiger partial charge is 0.173 e. The number of rotatable bonds is 1. The molecule has 8 atom stereocenters. The van der Waals surface area contributed by atoms with Gasteiger partial charge >= 0.3 is 0 Å². The lowest BCUT2D eigenvalue weighted by Gasteiger charge is -2.64. The van der Waals surface area contributed by atoms with Crippen LogP contribution in [0.2, 0.25) is 0 Å². The quantitative estimate of drug-likeness (QED) is 0.532. The Bertz CT molecular complexity index is 634. The van der Waals surface area contributed by atoms with Crippen molar-refractivity contribution in [1.82, 2.24) is 0 Å². The first-order valence-electron chi connectivity index (χ1n) is 12.4. The van der Waals surface area contributed by atoms with Gasteiger partial charge in [-0.05, 0) is 73.5 Å². The Kier molecular flexibility index (Phi) is 4.79. The monoisotopic (exact) mass is 404 g/mol. The summed E-state index contributed by atoms with van der Waals surface area (Å²) < 4.78 is 19.7. The molecular weight excluding hydrogens is 360 g/mol. The molecule has 1 heterocycles. The van der Waals surface area contributed by atoms with Crippen LogP contribution in [0.3, 0.4) is 0 Å². The van der Waals surface area contributed by atoms with Gasteiger partial charge in [0.05, 0.1) is 19.3 Å². The second kappa shape index (κ2) is 6.69. The zero-order chi connectivity index (χ0) is 20.7. The highest BCUT2D eigenvalue weighted by atomic mass is 16.7. The summed E-state index contributed by atoms with van der Waals surface area (Å²) >= 11 is 0. The van der Waals surface area contributed by atoms with Crippen LogP contribution in [0.15, 0.2) is 0 Å². The molecule has 3 heteroatoms. The highest BCUT2D eigenvalue weighted by Gasteiger charge is 2.69. The first-order valence-corrected chi connectivity index (χ1v) is 12.4. The van der Waals surface area contributed by atoms with Gasteiger partial charge in [-0.3, -0.25) is 0 Å². The van der Waals surface area contributed by atoms with Gasteiger partial charge in [0.15, 0.2) is 5.79 Å². The van der Waals surface area contributed by atoms with Crippen LogP contribution >= 0.6 is 0 Å². The Morgan fingerprint density at radius 2 is 1.55 bits per heavy atom. The summed E-state index contributed by atoms with van der Waals surface area (Å²) in [7, 11) is 1.97. The summed E-state index contributed by atoms with van der Waals surface area (Å²) in [6.45, 7) is 13.8. The molecule has 0 N–H and O–H groups in total. The molecule has 0 aromatic carbocycles. The van der Waals surface area contributed by atoms with Crippen LogP contribution in [0.4, 0.5) is 0 Å². The van der Waals surface area contributed by atoms with Crippen molar-refractivity contribution in [2.24, 2.45) is 45.8 Å². The Morgan fingerprint density at radius 3 is 2.24 bits per heavy atom. The average Bonchev–Trinajstić information content (AvgIpc) is 2.95. The second-order valence-electron chi connectivity index (χ2n) is 12.9. The predicted molar refractivity (Wildman–Crippen MR) is 115 cm³/mol. The predicted octanol–water partition coefficient (Wildman–Crippen LogP) is 6.06. The lowest BCUT2D eigenvalue weighted by molar-refractivity contribution is -0.354. The number of methoxy groups -OCH3 is 1. The number of ether oxygens (including phenoxy) is 3. The Morgan fingerprint density at radius 1 is 0.862 bits per heavy atom. The van der Waals surface area contributed by atoms with E-state index < -0.39 is 0 Å². The molecule has 0 bridgehead atoms. The summed E-state index contributed by atoms with van der Waals surface area (Å²) in [6.07, 6.45) is 10.9. The van der Waals surface area contributed by atoms with E-state index in [0.29, 0.717) is 17.4 Å². The molecule has 5 fully saturated rings. The third-order valence-electron chi connectivity index (χ3n) is 10.5. The van der Waals surface area contributed by atoms with E-state index in [0.717, 1.165) is 49.7 Å². The maximum absolute atomic E-state index is 6.66. The van der Waals surface area contributed by atoms with Gasteiger partial charge in [-0.2, -0.15) is 0 Å². The summed E-state index contributed by atoms with van der Waals surface area (Å²) in [5.74, 6) is 3.58. The van der Waals surface area contributed by atoms with Crippen molar-refractivity contribution in [3.8, 4) is 0 Å². The molecule has 0 radical (unpaired) electrons. The lowest BCUT2D eigenvalue weighted by atomic mass is 9.43. The highest BCUT2D eigenvalue weighted by Crippen LogP contribution is 2.70. The van der Waals surface area contributed by atoms with E-state index >= 15 is 0 Å². The van der Waals surface area contributed by atoms with Crippen molar-refractivity contribution in [3.05, 3.63) is 0 Å². The first-order chi connectivity index (χ1) is 13.6. The van der Waals surface area contributed by atoms with Crippen LogP contribution in [0.25, 0.3) is 0 Å². The van der Waals surface area contributed by atoms with Crippen molar-refractivity contribution < 1.29 is 14.2 Å². The molecule has 166 valence electrons. The molecule has 1 aliphatic heterocycles. The summed E-state index contributed by atoms with van der Waals surface area (Å²) in [5.41, 5.74) is 0.658. The fourth-order valence-corrected chi connectivity index (χ4v) is 9.11. The van der Waals surface area contributed by atoms with Gasteiger partial charge in [0.25, 0.3) is 0 Å². The van der Waals surface area contributed by atoms with Gasteiger partial charge in [-0.25, -0.2) is 0 Å². The molecule has 5 rings (SSSR count). The lowest BCUT2D eigenvalue weighted by Crippen LogP contribution is -2.64. The maximum atomic E-state index is 6.66. The van der Waals surface area contributed by atoms with Crippen LogP contribution < -0.4 is 0 Å². The number of fused-ring (bicyclic) bond motifs is 6. The van der Waals surface area contributed by atoms with Gasteiger partial charge in [-0.1, -0.05) is 41.0 Å². The van der Waals surface area contributed by atoms with Crippen LogP contribution in [0.5, 0.6) is 0 Å². The molecule has 5 aliphatic rings. The van der Waals surface area contributed by atoms with Crippen LogP contribution in [0.1, 0.15) is 86.0 Å². The van der Waals surface area contributed by atoms with E-state index in [1.54, 1.807) is 0 Å². The molecular formula is C26H44O3. The standard InChI is InChI=1S/C26H44O3/c1-17-7-8-18-9-10-19-20-11-12-26(28-15-23(2,3)16-29-26)25(20,5)14-21(27-6)22(19)24(18,4)13-17/h17-22H,7-16H2,1-6H3. The Hall–Kier alpha value is -0.120. The van der Waals surface area contributed by atoms with E-state index in [1.165, 1.54) is 38.5 Å². The molecule has 0 aromatic heterocycles. The van der Waals surface area contributed by atoms with Crippen molar-refractivity contribution in [1.29, 1.82) is 0 Å². The van der Waals surface area contributed by atoms with Crippen molar-refractivity contribution in [3.63, 3.8) is 0 Å². The molecule has 1 saturated heterocycles. The molecule has 8 unspecified atom stereocenters. The molecule has 4 aliphatic carbocycles. The van der Waals surface area contributed by atoms with E-state index in [-0.39, 0.29) is 16.6 Å². The van der Waals surface area contributed by atoms with Gasteiger partial charge in [0, 0.05) is 24.4 Å². The fourth-order valence-electron chi connectivity index (χ4n) is 9.11. The maximum Gasteiger partial charge on any atom is 0.173 e. The number of hydrogen-bond acceptors (Lipinski definition) is 3. The van der Waals surface area contributed by atoms with Crippen molar-refractivity contribution in [2.45, 2.75) is 97.9 Å². The minimum Gasteiger partial charge on any atom is -0.381 e. The van der Waals surface area contributed by atoms with Crippen LogP contribution in [-0.4, -0.2) is 32.2 Å². The van der Waals surface area contributed by atoms with Gasteiger partial charge < -0.3 is 14.2 Å². The molecule has 3 nitrogen and oxygen atoms in total. The normalized spacial score (nSPS) is 53.2. The third-order valence-corrected chi connectivity index (χ3v) is 10.5. The third kappa shape index (κ3) is 2.85. The van der Waals surface area contributed by atoms with Crippen LogP contribution in [0, 0.1) is 45.8 Å². The minimum atomic E-state index is -0.382. The molecule has 0 amide bonds. The molecule has 29 heavy (non-hydrogen) atoms. The number of hydrogen-bond donors (Lipinski definition) is 0. The van der Waals surface area contributed by atoms with Gasteiger partial charge in [0.1, 0.15) is 0 Å². The van der Waals surface area contributed by atoms with E-state index in [9.17, 15) is 0 Å². The molecule has 0 aromatic rings. The zero-order valence-electron chi connectivity index (χ0n) is 19.8. The second-order valence-corrected chi connectivity index (χ2v) is 12.9. The average molecular weight is 405 g/mol. The van der Waals surface area contributed by atoms with Gasteiger partial charge in [-0.15, -0.1) is 0 Å². The first kappa shape index (κ1) is 20.8. The zero-order valence-corrected chi connectivity index (χ0v) is 19.8. The van der Waals surface area contributed by atoms with Crippen molar-refractivity contribution in [2.75, 3.05) is 20.3 Å². The topological polar surface area (TPSA) is 27.7 Å². The molecule has 4 saturated carbocycles. The summed E-state index contributed by atoms with van der Waals surface area (Å²) in [4.78, 5) is 0. The Balaban J connectivity index is 1.49. The van der Waals surface area contributed by atoms with E-state index in [4.69, 9.17) is 14.2 Å². The largest absolute Gasteiger partial charge is 0.381 e.